The van der Waals surface area contributed by atoms with Crippen molar-refractivity contribution in [1.82, 2.24) is 0 Å². The maximum atomic E-state index is 14.2. The zero-order chi connectivity index (χ0) is 24.3. The van der Waals surface area contributed by atoms with Gasteiger partial charge in [0.25, 0.3) is 0 Å². The number of hydrogen-bond donors (Lipinski definition) is 0. The highest BCUT2D eigenvalue weighted by atomic mass is 16.6. The number of rotatable bonds is 0. The lowest BCUT2D eigenvalue weighted by atomic mass is 9.53. The Morgan fingerprint density at radius 1 is 1.09 bits per heavy atom. The smallest absolute Gasteiger partial charge is 0.334 e. The van der Waals surface area contributed by atoms with Crippen molar-refractivity contribution < 1.29 is 23.8 Å². The molecule has 2 spiro atoms. The summed E-state index contributed by atoms with van der Waals surface area (Å²) in [6, 6.07) is 0. The molecule has 2 bridgehead atoms. The first-order chi connectivity index (χ1) is 16.6. The van der Waals surface area contributed by atoms with Crippen molar-refractivity contribution in [3.63, 3.8) is 0 Å². The molecular formula is C30H36O5. The third kappa shape index (κ3) is 2.05. The van der Waals surface area contributed by atoms with Crippen LogP contribution in [0, 0.1) is 40.4 Å². The van der Waals surface area contributed by atoms with Crippen LogP contribution in [0.5, 0.6) is 0 Å². The van der Waals surface area contributed by atoms with Crippen LogP contribution < -0.4 is 0 Å². The number of allylic oxidation sites excluding steroid dienone is 1. The van der Waals surface area contributed by atoms with Crippen LogP contribution in [-0.2, 0) is 23.8 Å². The molecule has 2 saturated carbocycles. The highest BCUT2D eigenvalue weighted by molar-refractivity contribution is 5.92. The number of esters is 2. The van der Waals surface area contributed by atoms with E-state index in [1.807, 2.05) is 0 Å². The Hall–Kier alpha value is -1.88. The molecule has 3 heterocycles. The summed E-state index contributed by atoms with van der Waals surface area (Å²) in [4.78, 5) is 26.9. The highest BCUT2D eigenvalue weighted by Crippen LogP contribution is 2.78. The first kappa shape index (κ1) is 21.2. The van der Waals surface area contributed by atoms with E-state index >= 15 is 0 Å². The summed E-state index contributed by atoms with van der Waals surface area (Å²) >= 11 is 0. The van der Waals surface area contributed by atoms with Gasteiger partial charge in [-0.25, -0.2) is 4.79 Å². The van der Waals surface area contributed by atoms with Crippen molar-refractivity contribution >= 4 is 11.9 Å². The molecule has 5 nitrogen and oxygen atoms in total. The highest BCUT2D eigenvalue weighted by Gasteiger charge is 2.81. The lowest BCUT2D eigenvalue weighted by Gasteiger charge is -2.47. The van der Waals surface area contributed by atoms with Crippen molar-refractivity contribution in [1.29, 1.82) is 0 Å². The normalized spacial score (nSPS) is 57.1. The molecule has 3 aliphatic heterocycles. The van der Waals surface area contributed by atoms with Gasteiger partial charge in [-0.2, -0.15) is 0 Å². The van der Waals surface area contributed by atoms with Crippen molar-refractivity contribution in [3.8, 4) is 0 Å². The van der Waals surface area contributed by atoms with Crippen molar-refractivity contribution in [2.75, 3.05) is 0 Å². The van der Waals surface area contributed by atoms with Crippen molar-refractivity contribution in [3.05, 3.63) is 34.9 Å². The van der Waals surface area contributed by atoms with Gasteiger partial charge in [-0.15, -0.1) is 0 Å². The Balaban J connectivity index is 1.28. The molecule has 0 amide bonds. The minimum absolute atomic E-state index is 0.000229. The minimum Gasteiger partial charge on any atom is -0.461 e. The van der Waals surface area contributed by atoms with E-state index in [1.54, 1.807) is 0 Å². The lowest BCUT2D eigenvalue weighted by molar-refractivity contribution is -0.154. The van der Waals surface area contributed by atoms with E-state index in [9.17, 15) is 9.59 Å². The fraction of sp³-hybridized carbons (Fsp3) is 0.733. The predicted molar refractivity (Wildman–Crippen MR) is 128 cm³/mol. The van der Waals surface area contributed by atoms with Crippen LogP contribution in [0.2, 0.25) is 0 Å². The first-order valence-electron chi connectivity index (χ1n) is 13.8. The van der Waals surface area contributed by atoms with Gasteiger partial charge in [0.15, 0.2) is 0 Å². The Bertz CT molecular complexity index is 1200. The summed E-state index contributed by atoms with van der Waals surface area (Å²) in [5.41, 5.74) is 3.53. The summed E-state index contributed by atoms with van der Waals surface area (Å²) < 4.78 is 19.1. The van der Waals surface area contributed by atoms with Gasteiger partial charge in [-0.1, -0.05) is 37.6 Å². The van der Waals surface area contributed by atoms with Gasteiger partial charge in [-0.3, -0.25) is 4.79 Å². The Morgan fingerprint density at radius 3 is 2.69 bits per heavy atom. The molecule has 8 aliphatic rings. The van der Waals surface area contributed by atoms with E-state index in [4.69, 9.17) is 14.2 Å². The topological polar surface area (TPSA) is 65.1 Å². The molecular weight excluding hydrogens is 440 g/mol. The van der Waals surface area contributed by atoms with Gasteiger partial charge in [0.2, 0.25) is 0 Å². The number of ether oxygens (including phenoxy) is 3. The van der Waals surface area contributed by atoms with E-state index in [2.05, 4.69) is 40.3 Å². The summed E-state index contributed by atoms with van der Waals surface area (Å²) in [6.07, 6.45) is 8.66. The van der Waals surface area contributed by atoms with Gasteiger partial charge >= 0.3 is 11.9 Å². The minimum atomic E-state index is -0.538. The molecule has 5 fully saturated rings. The van der Waals surface area contributed by atoms with Crippen LogP contribution >= 0.6 is 0 Å². The molecule has 11 atom stereocenters. The van der Waals surface area contributed by atoms with E-state index in [1.165, 1.54) is 16.7 Å². The average molecular weight is 477 g/mol. The largest absolute Gasteiger partial charge is 0.461 e. The molecule has 0 aromatic heterocycles. The molecule has 0 unspecified atom stereocenters. The van der Waals surface area contributed by atoms with E-state index in [0.717, 1.165) is 44.9 Å². The maximum absolute atomic E-state index is 14.2. The van der Waals surface area contributed by atoms with Crippen LogP contribution in [0.15, 0.2) is 34.9 Å². The van der Waals surface area contributed by atoms with Crippen LogP contribution in [-0.4, -0.2) is 35.3 Å². The van der Waals surface area contributed by atoms with Gasteiger partial charge < -0.3 is 14.2 Å². The second kappa shape index (κ2) is 5.98. The monoisotopic (exact) mass is 476 g/mol. The van der Waals surface area contributed by atoms with Crippen LogP contribution in [0.4, 0.5) is 0 Å². The molecule has 0 radical (unpaired) electrons. The Kier molecular flexibility index (Phi) is 3.63. The van der Waals surface area contributed by atoms with Crippen molar-refractivity contribution in [2.45, 2.75) is 96.1 Å². The van der Waals surface area contributed by atoms with E-state index in [-0.39, 0.29) is 58.5 Å². The fourth-order valence-electron chi connectivity index (χ4n) is 10.9. The first-order valence-corrected chi connectivity index (χ1v) is 13.8. The van der Waals surface area contributed by atoms with Crippen LogP contribution in [0.3, 0.4) is 0 Å². The summed E-state index contributed by atoms with van der Waals surface area (Å²) in [5, 5.41) is 0. The van der Waals surface area contributed by atoms with Gasteiger partial charge in [0.05, 0.1) is 11.0 Å². The summed E-state index contributed by atoms with van der Waals surface area (Å²) in [5.74, 6) is 0.952. The molecule has 35 heavy (non-hydrogen) atoms. The maximum Gasteiger partial charge on any atom is 0.334 e. The number of epoxide rings is 1. The number of fused-ring (bicyclic) bond motifs is 10. The molecule has 186 valence electrons. The standard InChI is InChI=1S/C30H36O5/c1-14-6-7-18-16(3)25(31)33-23(18)22-20(14)17-12-27(22,4)29(13-17)19-9-10-28(5)30(35-28)11-8-15(2)21(30)24(19)34-26(29)32/h8,14,17-19,21,23-24H,3,6-7,9-13H2,1-2,4-5H3/t14-,17+,18+,19-,21-,23+,24+,27-,28+,29+,30-/m1/s1. The van der Waals surface area contributed by atoms with Gasteiger partial charge in [0.1, 0.15) is 17.8 Å². The predicted octanol–water partition coefficient (Wildman–Crippen LogP) is 5.06. The van der Waals surface area contributed by atoms with Crippen LogP contribution in [0.1, 0.15) is 72.6 Å². The van der Waals surface area contributed by atoms with E-state index in [0.29, 0.717) is 17.4 Å². The number of hydrogen-bond acceptors (Lipinski definition) is 5. The summed E-state index contributed by atoms with van der Waals surface area (Å²) in [6.45, 7) is 13.2. The van der Waals surface area contributed by atoms with Gasteiger partial charge in [0, 0.05) is 28.7 Å². The summed E-state index contributed by atoms with van der Waals surface area (Å²) in [7, 11) is 0. The van der Waals surface area contributed by atoms with Crippen molar-refractivity contribution in [2.24, 2.45) is 40.4 Å². The second-order valence-electron chi connectivity index (χ2n) is 13.6. The third-order valence-electron chi connectivity index (χ3n) is 12.5. The van der Waals surface area contributed by atoms with Crippen LogP contribution in [0.25, 0.3) is 0 Å². The lowest BCUT2D eigenvalue weighted by Crippen LogP contribution is -2.50. The van der Waals surface area contributed by atoms with Gasteiger partial charge in [-0.05, 0) is 76.2 Å². The molecule has 5 heteroatoms. The molecule has 0 aromatic rings. The van der Waals surface area contributed by atoms with E-state index < -0.39 is 5.41 Å². The zero-order valence-corrected chi connectivity index (χ0v) is 21.3. The molecule has 5 aliphatic carbocycles. The Morgan fingerprint density at radius 2 is 1.89 bits per heavy atom. The quantitative estimate of drug-likeness (QED) is 0.212. The number of carbonyl (C=O) groups excluding carboxylic acids is 2. The molecule has 0 N–H and O–H groups in total. The second-order valence-corrected chi connectivity index (χ2v) is 13.6. The Labute approximate surface area is 207 Å². The zero-order valence-electron chi connectivity index (χ0n) is 21.3. The number of carbonyl (C=O) groups is 2. The average Bonchev–Trinajstić information content (AvgIpc) is 3.14. The molecule has 3 saturated heterocycles. The third-order valence-corrected chi connectivity index (χ3v) is 12.5. The SMILES string of the molecule is C=C1C(=O)O[C@@H]2C3=C([C@H]4C[C@@]3(C)[C@]3(C4)C(=O)O[C@@H]4[C@H]5C(C)=CC[C@@]56O[C@@]6(C)CC[C@H]43)[C@H](C)CC[C@@H]12. The molecule has 8 rings (SSSR count). The molecule has 0 aromatic carbocycles. The fourth-order valence-corrected chi connectivity index (χ4v) is 10.9.